The monoisotopic (exact) mass is 329 g/mol. The van der Waals surface area contributed by atoms with E-state index < -0.39 is 0 Å². The molecule has 0 saturated carbocycles. The van der Waals surface area contributed by atoms with Gasteiger partial charge in [0.1, 0.15) is 0 Å². The third-order valence-corrected chi connectivity index (χ3v) is 3.03. The number of benzene rings is 1. The molecule has 0 unspecified atom stereocenters. The Morgan fingerprint density at radius 1 is 1.39 bits per heavy atom. The Kier molecular flexibility index (Phi) is 5.27. The van der Waals surface area contributed by atoms with Crippen LogP contribution in [0.15, 0.2) is 29.3 Å². The van der Waals surface area contributed by atoms with Crippen molar-refractivity contribution in [2.45, 2.75) is 0 Å². The summed E-state index contributed by atoms with van der Waals surface area (Å²) in [6, 6.07) is 6.81. The molecular weight excluding hydrogens is 315 g/mol. The number of nitrogens with zero attached hydrogens (tertiary/aromatic N) is 2. The van der Waals surface area contributed by atoms with E-state index in [9.17, 15) is 4.79 Å². The molecule has 0 saturated heterocycles. The van der Waals surface area contributed by atoms with Crippen molar-refractivity contribution in [1.29, 1.82) is 0 Å². The van der Waals surface area contributed by atoms with Gasteiger partial charge in [-0.3, -0.25) is 0 Å². The Labute approximate surface area is 119 Å². The van der Waals surface area contributed by atoms with E-state index in [4.69, 9.17) is 5.73 Å². The van der Waals surface area contributed by atoms with Crippen LogP contribution in [-0.4, -0.2) is 50.8 Å². The van der Waals surface area contributed by atoms with Crippen LogP contribution < -0.4 is 11.1 Å². The zero-order chi connectivity index (χ0) is 13.7. The van der Waals surface area contributed by atoms with Crippen LogP contribution in [0.3, 0.4) is 0 Å². The van der Waals surface area contributed by atoms with E-state index in [1.807, 2.05) is 19.0 Å². The molecule has 95 valence electrons. The number of carbonyl (C=O) groups excluding carboxylic acids is 1. The van der Waals surface area contributed by atoms with Crippen molar-refractivity contribution in [3.63, 3.8) is 0 Å². The fraction of sp³-hybridized carbons (Fsp3) is 0.182. The summed E-state index contributed by atoms with van der Waals surface area (Å²) in [5.74, 6) is -0.325. The first-order valence-corrected chi connectivity index (χ1v) is 6.30. The molecule has 7 heteroatoms. The van der Waals surface area contributed by atoms with Crippen molar-refractivity contribution in [3.05, 3.63) is 29.8 Å². The molecule has 0 aliphatic heterocycles. The molecule has 0 aromatic heterocycles. The van der Waals surface area contributed by atoms with Gasteiger partial charge < -0.3 is 0 Å². The van der Waals surface area contributed by atoms with Crippen molar-refractivity contribution in [1.82, 2.24) is 10.2 Å². The van der Waals surface area contributed by atoms with Crippen molar-refractivity contribution in [3.8, 4) is 0 Å². The number of nitrogens with one attached hydrogen (secondary N) is 1. The van der Waals surface area contributed by atoms with Crippen LogP contribution in [0, 0.1) is 0 Å². The summed E-state index contributed by atoms with van der Waals surface area (Å²) < 4.78 is 0.760. The summed E-state index contributed by atoms with van der Waals surface area (Å²) in [5.41, 5.74) is 6.46. The quantitative estimate of drug-likeness (QED) is 0.356. The number of amidine groups is 1. The third kappa shape index (κ3) is 4.44. The molecule has 1 aromatic rings. The van der Waals surface area contributed by atoms with E-state index in [1.54, 1.807) is 24.3 Å². The average molecular weight is 328 g/mol. The molecule has 1 aromatic carbocycles. The number of nitrogens with two attached hydrogens (primary N) is 1. The van der Waals surface area contributed by atoms with Gasteiger partial charge in [0.25, 0.3) is 0 Å². The van der Waals surface area contributed by atoms with Crippen LogP contribution in [0.1, 0.15) is 10.4 Å². The van der Waals surface area contributed by atoms with Crippen LogP contribution in [0.2, 0.25) is 0 Å². The fourth-order valence-corrected chi connectivity index (χ4v) is 1.40. The molecule has 1 rings (SSSR count). The van der Waals surface area contributed by atoms with Gasteiger partial charge in [-0.05, 0) is 0 Å². The van der Waals surface area contributed by atoms with Crippen molar-refractivity contribution in [2.75, 3.05) is 14.1 Å². The van der Waals surface area contributed by atoms with Crippen molar-refractivity contribution < 1.29 is 4.79 Å². The Bertz CT molecular complexity index is 484. The third-order valence-electron chi connectivity index (χ3n) is 1.97. The maximum atomic E-state index is 11.6. The average Bonchev–Trinajstić information content (AvgIpc) is 2.28. The molecule has 0 aliphatic rings. The summed E-state index contributed by atoms with van der Waals surface area (Å²) in [4.78, 5) is 17.7. The predicted octanol–water partition coefficient (Wildman–Crippen LogP) is 0.378. The van der Waals surface area contributed by atoms with E-state index in [0.717, 1.165) is 10.4 Å². The topological polar surface area (TPSA) is 70.7 Å². The Balaban J connectivity index is 2.83. The minimum absolute atomic E-state index is 0.0415. The van der Waals surface area contributed by atoms with Crippen LogP contribution in [0.4, 0.5) is 5.69 Å². The number of thiocarbonyl (C=S) groups is 1. The normalized spacial score (nSPS) is 10.9. The zero-order valence-electron chi connectivity index (χ0n) is 10.0. The summed E-state index contributed by atoms with van der Waals surface area (Å²) in [5, 5.41) is 2.32. The predicted molar refractivity (Wildman–Crippen MR) is 77.2 cm³/mol. The van der Waals surface area contributed by atoms with Gasteiger partial charge >= 0.3 is 119 Å². The standard InChI is InChI=1S/C11H13N4OSSe/c1-15(2)11(18)13-8-5-3-7(4-6-8)9(16)14-10(12)17/h3-6H,1-2H3,(H3,12,14,16,17). The molecule has 3 N–H and O–H groups in total. The molecule has 1 radical (unpaired) electrons. The Hall–Kier alpha value is -1.43. The van der Waals surface area contributed by atoms with Gasteiger partial charge in [0.05, 0.1) is 0 Å². The molecule has 1 amide bonds. The first-order chi connectivity index (χ1) is 8.40. The second kappa shape index (κ2) is 6.49. The minimum atomic E-state index is -0.325. The first-order valence-electron chi connectivity index (χ1n) is 5.04. The van der Waals surface area contributed by atoms with Gasteiger partial charge in [-0.15, -0.1) is 0 Å². The van der Waals surface area contributed by atoms with Crippen LogP contribution in [0.5, 0.6) is 0 Å². The summed E-state index contributed by atoms with van der Waals surface area (Å²) in [7, 11) is 3.78. The van der Waals surface area contributed by atoms with E-state index in [0.29, 0.717) is 5.56 Å². The van der Waals surface area contributed by atoms with Gasteiger partial charge in [-0.25, -0.2) is 0 Å². The molecule has 0 aliphatic carbocycles. The van der Waals surface area contributed by atoms with Gasteiger partial charge in [-0.2, -0.15) is 0 Å². The van der Waals surface area contributed by atoms with Crippen LogP contribution in [-0.2, 0) is 0 Å². The van der Waals surface area contributed by atoms with Gasteiger partial charge in [-0.1, -0.05) is 0 Å². The number of carbonyl (C=O) groups is 1. The van der Waals surface area contributed by atoms with Crippen LogP contribution in [0.25, 0.3) is 0 Å². The summed E-state index contributed by atoms with van der Waals surface area (Å²) >= 11 is 7.45. The van der Waals surface area contributed by atoms with E-state index >= 15 is 0 Å². The van der Waals surface area contributed by atoms with Gasteiger partial charge in [0.2, 0.25) is 0 Å². The van der Waals surface area contributed by atoms with E-state index in [2.05, 4.69) is 38.5 Å². The zero-order valence-corrected chi connectivity index (χ0v) is 12.5. The van der Waals surface area contributed by atoms with Gasteiger partial charge in [0, 0.05) is 0 Å². The molecule has 5 nitrogen and oxygen atoms in total. The maximum absolute atomic E-state index is 11.6. The van der Waals surface area contributed by atoms with Gasteiger partial charge in [0.15, 0.2) is 0 Å². The van der Waals surface area contributed by atoms with E-state index in [-0.39, 0.29) is 11.0 Å². The molecule has 0 atom stereocenters. The number of rotatable bonds is 2. The van der Waals surface area contributed by atoms with Crippen molar-refractivity contribution >= 4 is 49.7 Å². The summed E-state index contributed by atoms with van der Waals surface area (Å²) in [6.45, 7) is 0. The molecule has 18 heavy (non-hydrogen) atoms. The second-order valence-electron chi connectivity index (χ2n) is 3.65. The molecular formula is C11H13N4OSSe. The van der Waals surface area contributed by atoms with E-state index in [1.165, 1.54) is 0 Å². The first kappa shape index (κ1) is 14.6. The fourth-order valence-electron chi connectivity index (χ4n) is 1.08. The Morgan fingerprint density at radius 3 is 2.39 bits per heavy atom. The van der Waals surface area contributed by atoms with Crippen molar-refractivity contribution in [2.24, 2.45) is 10.7 Å². The number of hydrogen-bond acceptors (Lipinski definition) is 3. The number of aliphatic imine (C=N–C) groups is 1. The number of hydrogen-bond donors (Lipinski definition) is 2. The molecule has 0 fully saturated rings. The van der Waals surface area contributed by atoms with Crippen LogP contribution >= 0.6 is 12.2 Å². The molecule has 0 spiro atoms. The molecule has 0 bridgehead atoms. The number of amides is 1. The summed E-state index contributed by atoms with van der Waals surface area (Å²) in [6.07, 6.45) is 0. The SMILES string of the molecule is CN(C)C([Se])=Nc1ccc(C(=O)NC(N)=S)cc1. The second-order valence-corrected chi connectivity index (χ2v) is 4.86. The molecule has 0 heterocycles. The Morgan fingerprint density at radius 2 is 1.94 bits per heavy atom.